The predicted molar refractivity (Wildman–Crippen MR) is 75.9 cm³/mol. The van der Waals surface area contributed by atoms with Gasteiger partial charge in [0, 0.05) is 5.41 Å². The fourth-order valence-electron chi connectivity index (χ4n) is 3.11. The Bertz CT molecular complexity index is 412. The maximum absolute atomic E-state index is 14.7. The number of hydrogen-bond acceptors (Lipinski definition) is 3. The molecule has 0 unspecified atom stereocenters. The van der Waals surface area contributed by atoms with Gasteiger partial charge in [0.1, 0.15) is 5.73 Å². The zero-order valence-electron chi connectivity index (χ0n) is 12.9. The van der Waals surface area contributed by atoms with Crippen LogP contribution in [0.4, 0.5) is 4.39 Å². The highest BCUT2D eigenvalue weighted by Gasteiger charge is 2.54. The number of ether oxygens (including phenoxy) is 1. The number of allylic oxidation sites excluding steroid dienone is 1. The second kappa shape index (κ2) is 4.55. The Labute approximate surface area is 121 Å². The molecule has 2 saturated heterocycles. The zero-order chi connectivity index (χ0) is 14.6. The summed E-state index contributed by atoms with van der Waals surface area (Å²) < 4.78 is 31.5. The minimum absolute atomic E-state index is 0.196. The lowest BCUT2D eigenvalue weighted by Crippen LogP contribution is -2.44. The molecule has 112 valence electrons. The van der Waals surface area contributed by atoms with E-state index < -0.39 is 18.3 Å². The van der Waals surface area contributed by atoms with E-state index in [-0.39, 0.29) is 5.73 Å². The van der Waals surface area contributed by atoms with E-state index in [4.69, 9.17) is 14.0 Å². The van der Waals surface area contributed by atoms with Crippen molar-refractivity contribution < 1.29 is 18.4 Å². The maximum Gasteiger partial charge on any atom is 0.525 e. The Kier molecular flexibility index (Phi) is 3.31. The quantitative estimate of drug-likeness (QED) is 0.690. The normalized spacial score (nSPS) is 30.4. The molecule has 0 amide bonds. The molecule has 1 saturated carbocycles. The van der Waals surface area contributed by atoms with Gasteiger partial charge in [-0.05, 0) is 59.0 Å². The van der Waals surface area contributed by atoms with Crippen molar-refractivity contribution in [3.05, 3.63) is 11.3 Å². The molecule has 2 aliphatic heterocycles. The van der Waals surface area contributed by atoms with E-state index >= 15 is 0 Å². The van der Waals surface area contributed by atoms with Crippen molar-refractivity contribution in [3.63, 3.8) is 0 Å². The molecule has 2 heterocycles. The summed E-state index contributed by atoms with van der Waals surface area (Å²) in [6, 6.07) is 0. The fourth-order valence-corrected chi connectivity index (χ4v) is 3.11. The number of hydrogen-bond donors (Lipinski definition) is 0. The van der Waals surface area contributed by atoms with Gasteiger partial charge in [-0.2, -0.15) is 0 Å². The fraction of sp³-hybridized carbons (Fsp3) is 0.867. The molecule has 3 nitrogen and oxygen atoms in total. The van der Waals surface area contributed by atoms with Gasteiger partial charge >= 0.3 is 7.12 Å². The van der Waals surface area contributed by atoms with Gasteiger partial charge in [-0.25, -0.2) is 4.39 Å². The van der Waals surface area contributed by atoms with Gasteiger partial charge < -0.3 is 14.0 Å². The highest BCUT2D eigenvalue weighted by molar-refractivity contribution is 6.53. The summed E-state index contributed by atoms with van der Waals surface area (Å²) in [5, 5.41) is 0. The van der Waals surface area contributed by atoms with Crippen LogP contribution in [0.1, 0.15) is 53.4 Å². The molecule has 1 aliphatic carbocycles. The van der Waals surface area contributed by atoms with E-state index in [0.717, 1.165) is 44.5 Å². The van der Waals surface area contributed by atoms with Gasteiger partial charge in [0.25, 0.3) is 0 Å². The van der Waals surface area contributed by atoms with Crippen LogP contribution in [0.5, 0.6) is 0 Å². The topological polar surface area (TPSA) is 27.7 Å². The van der Waals surface area contributed by atoms with Gasteiger partial charge in [0.05, 0.1) is 24.4 Å². The largest absolute Gasteiger partial charge is 0.525 e. The Balaban J connectivity index is 1.70. The van der Waals surface area contributed by atoms with Crippen molar-refractivity contribution in [1.82, 2.24) is 0 Å². The smallest absolute Gasteiger partial charge is 0.398 e. The molecule has 3 rings (SSSR count). The third-order valence-electron chi connectivity index (χ3n) is 5.53. The van der Waals surface area contributed by atoms with Crippen molar-refractivity contribution in [1.29, 1.82) is 0 Å². The zero-order valence-corrected chi connectivity index (χ0v) is 12.9. The Morgan fingerprint density at radius 3 is 1.90 bits per heavy atom. The minimum atomic E-state index is -0.832. The van der Waals surface area contributed by atoms with Crippen molar-refractivity contribution in [3.8, 4) is 0 Å². The molecule has 3 fully saturated rings. The standard InChI is InChI=1S/C15H24BFO3/c1-13(2)14(3,4)20-16(19-13)12(17)11-5-7-15(8-6-11)9-18-10-15/h5-10H2,1-4H3. The molecule has 0 aromatic heterocycles. The summed E-state index contributed by atoms with van der Waals surface area (Å²) in [6.07, 6.45) is 3.66. The van der Waals surface area contributed by atoms with Gasteiger partial charge in [-0.15, -0.1) is 0 Å². The molecule has 0 bridgehead atoms. The lowest BCUT2D eigenvalue weighted by molar-refractivity contribution is -0.126. The number of halogens is 1. The van der Waals surface area contributed by atoms with Gasteiger partial charge in [-0.1, -0.05) is 0 Å². The third kappa shape index (κ3) is 2.24. The van der Waals surface area contributed by atoms with E-state index in [9.17, 15) is 4.39 Å². The molecule has 0 N–H and O–H groups in total. The summed E-state index contributed by atoms with van der Waals surface area (Å²) >= 11 is 0. The van der Waals surface area contributed by atoms with Crippen LogP contribution in [0.15, 0.2) is 11.3 Å². The molecule has 0 aromatic carbocycles. The molecular weight excluding hydrogens is 258 g/mol. The lowest BCUT2D eigenvalue weighted by atomic mass is 9.69. The molecule has 0 atom stereocenters. The molecule has 0 radical (unpaired) electrons. The average molecular weight is 282 g/mol. The highest BCUT2D eigenvalue weighted by Crippen LogP contribution is 2.46. The van der Waals surface area contributed by atoms with E-state index in [1.807, 2.05) is 27.7 Å². The Morgan fingerprint density at radius 1 is 1.00 bits per heavy atom. The van der Waals surface area contributed by atoms with Crippen LogP contribution in [0, 0.1) is 5.41 Å². The summed E-state index contributed by atoms with van der Waals surface area (Å²) in [7, 11) is -0.832. The van der Waals surface area contributed by atoms with Crippen molar-refractivity contribution in [2.45, 2.75) is 64.6 Å². The first-order valence-electron chi connectivity index (χ1n) is 7.56. The monoisotopic (exact) mass is 282 g/mol. The van der Waals surface area contributed by atoms with Gasteiger partial charge in [0.15, 0.2) is 0 Å². The summed E-state index contributed by atoms with van der Waals surface area (Å²) in [4.78, 5) is 0. The van der Waals surface area contributed by atoms with E-state index in [2.05, 4.69) is 0 Å². The molecule has 1 spiro atoms. The SMILES string of the molecule is CC1(C)OB(C(F)=C2CCC3(CC2)COC3)OC1(C)C. The molecule has 3 aliphatic rings. The van der Waals surface area contributed by atoms with E-state index in [1.165, 1.54) is 0 Å². The molecular formula is C15H24BFO3. The van der Waals surface area contributed by atoms with E-state index in [1.54, 1.807) is 0 Å². The minimum Gasteiger partial charge on any atom is -0.398 e. The van der Waals surface area contributed by atoms with E-state index in [0.29, 0.717) is 5.41 Å². The van der Waals surface area contributed by atoms with Crippen molar-refractivity contribution >= 4 is 7.12 Å². The van der Waals surface area contributed by atoms with Crippen LogP contribution in [-0.2, 0) is 14.0 Å². The maximum atomic E-state index is 14.7. The third-order valence-corrected chi connectivity index (χ3v) is 5.53. The second-order valence-electron chi connectivity index (χ2n) is 7.53. The first-order valence-corrected chi connectivity index (χ1v) is 7.56. The molecule has 0 aromatic rings. The molecule has 5 heteroatoms. The molecule has 20 heavy (non-hydrogen) atoms. The van der Waals surface area contributed by atoms with Crippen molar-refractivity contribution in [2.24, 2.45) is 5.41 Å². The lowest BCUT2D eigenvalue weighted by Gasteiger charge is -2.45. The first-order chi connectivity index (χ1) is 9.25. The summed E-state index contributed by atoms with van der Waals surface area (Å²) in [5.41, 5.74) is 0.0556. The van der Waals surface area contributed by atoms with Crippen LogP contribution in [0.2, 0.25) is 0 Å². The summed E-state index contributed by atoms with van der Waals surface area (Å²) in [5.74, 6) is 0. The Morgan fingerprint density at radius 2 is 1.50 bits per heavy atom. The van der Waals surface area contributed by atoms with Crippen LogP contribution in [-0.4, -0.2) is 31.5 Å². The van der Waals surface area contributed by atoms with Crippen LogP contribution in [0.3, 0.4) is 0 Å². The second-order valence-corrected chi connectivity index (χ2v) is 7.53. The summed E-state index contributed by atoms with van der Waals surface area (Å²) in [6.45, 7) is 9.49. The predicted octanol–water partition coefficient (Wildman–Crippen LogP) is 3.43. The van der Waals surface area contributed by atoms with Crippen molar-refractivity contribution in [2.75, 3.05) is 13.2 Å². The average Bonchev–Trinajstić information content (AvgIpc) is 2.56. The van der Waals surface area contributed by atoms with Crippen LogP contribution >= 0.6 is 0 Å². The van der Waals surface area contributed by atoms with Crippen LogP contribution in [0.25, 0.3) is 0 Å². The highest BCUT2D eigenvalue weighted by atomic mass is 19.1. The first kappa shape index (κ1) is 14.5. The number of rotatable bonds is 1. The van der Waals surface area contributed by atoms with Crippen LogP contribution < -0.4 is 0 Å². The Hall–Kier alpha value is -0.385. The van der Waals surface area contributed by atoms with Gasteiger partial charge in [0.2, 0.25) is 0 Å². The van der Waals surface area contributed by atoms with Gasteiger partial charge in [-0.3, -0.25) is 0 Å².